The predicted octanol–water partition coefficient (Wildman–Crippen LogP) is 5.68. The van der Waals surface area contributed by atoms with E-state index in [1.807, 2.05) is 32.9 Å². The number of nitrogens with one attached hydrogen (secondary N) is 1. The Kier molecular flexibility index (Phi) is 4.47. The molecule has 0 amide bonds. The van der Waals surface area contributed by atoms with Gasteiger partial charge in [-0.15, -0.1) is 11.3 Å². The van der Waals surface area contributed by atoms with E-state index in [4.69, 9.17) is 4.74 Å². The van der Waals surface area contributed by atoms with Crippen LogP contribution >= 0.6 is 11.3 Å². The van der Waals surface area contributed by atoms with Gasteiger partial charge in [-0.25, -0.2) is 19.2 Å². The average molecular weight is 395 g/mol. The van der Waals surface area contributed by atoms with Crippen molar-refractivity contribution in [1.29, 1.82) is 0 Å². The molecule has 0 aliphatic carbocycles. The summed E-state index contributed by atoms with van der Waals surface area (Å²) in [5, 5.41) is 4.72. The van der Waals surface area contributed by atoms with Crippen molar-refractivity contribution >= 4 is 49.9 Å². The van der Waals surface area contributed by atoms with Crippen LogP contribution in [0.1, 0.15) is 30.4 Å². The van der Waals surface area contributed by atoms with E-state index in [-0.39, 0.29) is 11.8 Å². The van der Waals surface area contributed by atoms with Gasteiger partial charge in [-0.05, 0) is 57.2 Å². The Hall–Kier alpha value is -3.06. The number of hydrogen-bond acceptors (Lipinski definition) is 6. The van der Waals surface area contributed by atoms with Crippen molar-refractivity contribution in [2.24, 2.45) is 0 Å². The molecule has 0 unspecified atom stereocenters. The minimum Gasteiger partial charge on any atom is -0.456 e. The number of benzene rings is 2. The van der Waals surface area contributed by atoms with Crippen molar-refractivity contribution in [3.63, 3.8) is 0 Å². The Morgan fingerprint density at radius 2 is 2.00 bits per heavy atom. The first-order valence-corrected chi connectivity index (χ1v) is 9.55. The molecule has 0 saturated heterocycles. The van der Waals surface area contributed by atoms with Gasteiger partial charge in [0.2, 0.25) is 5.95 Å². The van der Waals surface area contributed by atoms with Gasteiger partial charge in [-0.3, -0.25) is 0 Å². The molecule has 2 aromatic carbocycles. The van der Waals surface area contributed by atoms with Gasteiger partial charge in [-0.1, -0.05) is 6.07 Å². The van der Waals surface area contributed by atoms with E-state index in [1.54, 1.807) is 24.4 Å². The van der Waals surface area contributed by atoms with E-state index < -0.39 is 5.60 Å². The van der Waals surface area contributed by atoms with Crippen LogP contribution < -0.4 is 5.32 Å². The Bertz CT molecular complexity index is 1200. The molecule has 4 aromatic rings. The largest absolute Gasteiger partial charge is 0.456 e. The molecule has 0 spiro atoms. The summed E-state index contributed by atoms with van der Waals surface area (Å²) in [7, 11) is 0. The highest BCUT2D eigenvalue weighted by Gasteiger charge is 2.20. The van der Waals surface area contributed by atoms with Crippen molar-refractivity contribution in [1.82, 2.24) is 9.97 Å². The lowest BCUT2D eigenvalue weighted by Crippen LogP contribution is -2.23. The van der Waals surface area contributed by atoms with Gasteiger partial charge >= 0.3 is 5.97 Å². The molecule has 1 N–H and O–H groups in total. The third kappa shape index (κ3) is 3.80. The molecule has 28 heavy (non-hydrogen) atoms. The van der Waals surface area contributed by atoms with Crippen LogP contribution in [0.5, 0.6) is 0 Å². The summed E-state index contributed by atoms with van der Waals surface area (Å²) in [6, 6.07) is 11.8. The number of halogens is 1. The van der Waals surface area contributed by atoms with E-state index in [1.165, 1.54) is 23.5 Å². The fourth-order valence-corrected chi connectivity index (χ4v) is 3.73. The first-order chi connectivity index (χ1) is 13.3. The molecule has 4 rings (SSSR count). The molecule has 0 aliphatic rings. The van der Waals surface area contributed by atoms with Crippen LogP contribution in [-0.4, -0.2) is 21.5 Å². The second-order valence-corrected chi connectivity index (χ2v) is 8.44. The molecular formula is C21H18FN3O2S. The Morgan fingerprint density at radius 3 is 2.75 bits per heavy atom. The monoisotopic (exact) mass is 395 g/mol. The van der Waals surface area contributed by atoms with Crippen LogP contribution in [0.15, 0.2) is 48.7 Å². The number of hydrogen-bond donors (Lipinski definition) is 1. The van der Waals surface area contributed by atoms with Crippen molar-refractivity contribution in [2.45, 2.75) is 26.4 Å². The smallest absolute Gasteiger partial charge is 0.348 e. The summed E-state index contributed by atoms with van der Waals surface area (Å²) in [5.41, 5.74) is 0.725. The van der Waals surface area contributed by atoms with Crippen molar-refractivity contribution in [3.8, 4) is 0 Å². The molecule has 2 aromatic heterocycles. The number of esters is 1. The Morgan fingerprint density at radius 1 is 1.18 bits per heavy atom. The molecule has 0 fully saturated rings. The minimum atomic E-state index is -0.556. The summed E-state index contributed by atoms with van der Waals surface area (Å²) in [6.07, 6.45) is 1.70. The maximum Gasteiger partial charge on any atom is 0.348 e. The molecule has 0 radical (unpaired) electrons. The van der Waals surface area contributed by atoms with Crippen molar-refractivity contribution < 1.29 is 13.9 Å². The van der Waals surface area contributed by atoms with Crippen LogP contribution in [0.3, 0.4) is 0 Å². The second-order valence-electron chi connectivity index (χ2n) is 7.36. The lowest BCUT2D eigenvalue weighted by Gasteiger charge is -2.18. The zero-order valence-corrected chi connectivity index (χ0v) is 16.4. The first kappa shape index (κ1) is 18.3. The number of nitrogens with zero attached hydrogens (tertiary/aromatic N) is 2. The molecular weight excluding hydrogens is 377 g/mol. The number of rotatable bonds is 3. The van der Waals surface area contributed by atoms with Crippen LogP contribution in [0.2, 0.25) is 0 Å². The van der Waals surface area contributed by atoms with Crippen LogP contribution in [0, 0.1) is 5.82 Å². The van der Waals surface area contributed by atoms with E-state index in [0.717, 1.165) is 21.0 Å². The van der Waals surface area contributed by atoms with Gasteiger partial charge in [0.25, 0.3) is 0 Å². The van der Waals surface area contributed by atoms with Crippen molar-refractivity contribution in [2.75, 3.05) is 5.32 Å². The minimum absolute atomic E-state index is 0.340. The fourth-order valence-electron chi connectivity index (χ4n) is 2.79. The maximum absolute atomic E-state index is 13.4. The molecule has 5 nitrogen and oxygen atoms in total. The zero-order chi connectivity index (χ0) is 19.9. The van der Waals surface area contributed by atoms with Gasteiger partial charge < -0.3 is 10.1 Å². The maximum atomic E-state index is 13.4. The molecule has 0 bridgehead atoms. The normalized spacial score (nSPS) is 11.7. The van der Waals surface area contributed by atoms with Gasteiger partial charge in [0, 0.05) is 27.4 Å². The van der Waals surface area contributed by atoms with E-state index in [0.29, 0.717) is 16.5 Å². The highest BCUT2D eigenvalue weighted by molar-refractivity contribution is 7.20. The van der Waals surface area contributed by atoms with E-state index >= 15 is 0 Å². The van der Waals surface area contributed by atoms with E-state index in [2.05, 4.69) is 15.3 Å². The Labute approximate surface area is 165 Å². The number of aromatic nitrogens is 2. The summed E-state index contributed by atoms with van der Waals surface area (Å²) in [5.74, 6) is -0.336. The van der Waals surface area contributed by atoms with Crippen LogP contribution in [0.25, 0.3) is 21.0 Å². The van der Waals surface area contributed by atoms with E-state index in [9.17, 15) is 9.18 Å². The summed E-state index contributed by atoms with van der Waals surface area (Å²) < 4.78 is 19.8. The fraction of sp³-hybridized carbons (Fsp3) is 0.190. The summed E-state index contributed by atoms with van der Waals surface area (Å²) >= 11 is 1.37. The van der Waals surface area contributed by atoms with Gasteiger partial charge in [0.15, 0.2) is 0 Å². The SMILES string of the molecule is CC(C)(C)OC(=O)c1cc2c(ccc3cnc(Nc4cccc(F)c4)nc32)s1. The van der Waals surface area contributed by atoms with Gasteiger partial charge in [0.1, 0.15) is 16.3 Å². The lowest BCUT2D eigenvalue weighted by atomic mass is 10.1. The molecule has 0 saturated carbocycles. The number of ether oxygens (including phenoxy) is 1. The molecule has 2 heterocycles. The number of thiophene rings is 1. The number of fused-ring (bicyclic) bond motifs is 3. The second kappa shape index (κ2) is 6.83. The van der Waals surface area contributed by atoms with Crippen LogP contribution in [-0.2, 0) is 4.74 Å². The number of carbonyl (C=O) groups is 1. The predicted molar refractivity (Wildman–Crippen MR) is 110 cm³/mol. The third-order valence-electron chi connectivity index (χ3n) is 3.93. The Balaban J connectivity index is 1.74. The molecule has 7 heteroatoms. The molecule has 142 valence electrons. The molecule has 0 aliphatic heterocycles. The summed E-state index contributed by atoms with van der Waals surface area (Å²) in [4.78, 5) is 21.8. The van der Waals surface area contributed by atoms with Crippen molar-refractivity contribution in [3.05, 3.63) is 59.4 Å². The van der Waals surface area contributed by atoms with Gasteiger partial charge in [0.05, 0.1) is 5.52 Å². The topological polar surface area (TPSA) is 64.1 Å². The number of anilines is 2. The number of carbonyl (C=O) groups excluding carboxylic acids is 1. The molecule has 0 atom stereocenters. The first-order valence-electron chi connectivity index (χ1n) is 8.74. The van der Waals surface area contributed by atoms with Gasteiger partial charge in [-0.2, -0.15) is 0 Å². The lowest BCUT2D eigenvalue weighted by molar-refractivity contribution is 0.00753. The highest BCUT2D eigenvalue weighted by atomic mass is 32.1. The van der Waals surface area contributed by atoms with Crippen LogP contribution in [0.4, 0.5) is 16.0 Å². The standard InChI is InChI=1S/C21H18FN3O2S/c1-21(2,3)27-19(26)17-10-15-16(28-17)8-7-12-11-23-20(25-18(12)15)24-14-6-4-5-13(22)9-14/h4-11H,1-3H3,(H,23,24,25). The quantitative estimate of drug-likeness (QED) is 0.452. The highest BCUT2D eigenvalue weighted by Crippen LogP contribution is 2.32. The summed E-state index contributed by atoms with van der Waals surface area (Å²) in [6.45, 7) is 5.52. The zero-order valence-electron chi connectivity index (χ0n) is 15.6. The third-order valence-corrected chi connectivity index (χ3v) is 5.01. The average Bonchev–Trinajstić information content (AvgIpc) is 3.05.